The largest absolute Gasteiger partial charge is 0.351 e. The molecule has 6 rings (SSSR count). The number of rotatable bonds is 4. The van der Waals surface area contributed by atoms with Crippen LogP contribution in [0.3, 0.4) is 0 Å². The van der Waals surface area contributed by atoms with E-state index in [1.165, 1.54) is 48.9 Å². The quantitative estimate of drug-likeness (QED) is 0.806. The van der Waals surface area contributed by atoms with Gasteiger partial charge in [-0.1, -0.05) is 30.2 Å². The van der Waals surface area contributed by atoms with E-state index >= 15 is 0 Å². The highest BCUT2D eigenvalue weighted by molar-refractivity contribution is 7.89. The predicted molar refractivity (Wildman–Crippen MR) is 107 cm³/mol. The number of hydrogen-bond donors (Lipinski definition) is 1. The van der Waals surface area contributed by atoms with Gasteiger partial charge < -0.3 is 5.32 Å². The van der Waals surface area contributed by atoms with E-state index in [0.717, 1.165) is 0 Å². The number of nitrogens with one attached hydrogen (secondary N) is 1. The fourth-order valence-electron chi connectivity index (χ4n) is 6.43. The molecule has 28 heavy (non-hydrogen) atoms. The fraction of sp³-hybridized carbons (Fsp3) is 0.667. The van der Waals surface area contributed by atoms with E-state index in [1.807, 2.05) is 0 Å². The van der Waals surface area contributed by atoms with Crippen molar-refractivity contribution >= 4 is 27.5 Å². The Morgan fingerprint density at radius 1 is 1.11 bits per heavy atom. The van der Waals surface area contributed by atoms with E-state index < -0.39 is 16.1 Å². The lowest BCUT2D eigenvalue weighted by Gasteiger charge is -2.62. The summed E-state index contributed by atoms with van der Waals surface area (Å²) < 4.78 is 27.7. The topological polar surface area (TPSA) is 66.5 Å². The highest BCUT2D eigenvalue weighted by atomic mass is 35.5. The molecule has 0 radical (unpaired) electrons. The SMILES string of the molecule is O=C(NC1C2CCCC3(C2)CC1C3)[C@H]1CCCN1S(=O)(=O)c1ccccc1Cl. The second-order valence-corrected chi connectivity index (χ2v) is 11.5. The maximum Gasteiger partial charge on any atom is 0.245 e. The molecule has 4 aliphatic carbocycles. The van der Waals surface area contributed by atoms with Crippen molar-refractivity contribution in [2.24, 2.45) is 17.3 Å². The normalized spacial score (nSPS) is 37.3. The first-order chi connectivity index (χ1) is 13.4. The Kier molecular flexibility index (Phi) is 4.53. The van der Waals surface area contributed by atoms with E-state index in [1.54, 1.807) is 18.2 Å². The van der Waals surface area contributed by atoms with E-state index in [4.69, 9.17) is 11.6 Å². The molecule has 5 fully saturated rings. The molecule has 2 unspecified atom stereocenters. The average molecular weight is 423 g/mol. The summed E-state index contributed by atoms with van der Waals surface area (Å²) in [6, 6.07) is 6.06. The number of nitrogens with zero attached hydrogens (tertiary/aromatic N) is 1. The van der Waals surface area contributed by atoms with Crippen LogP contribution in [0.1, 0.15) is 51.4 Å². The molecule has 3 bridgehead atoms. The predicted octanol–water partition coefficient (Wildman–Crippen LogP) is 3.58. The Hall–Kier alpha value is -1.11. The molecule has 1 aromatic carbocycles. The second-order valence-electron chi connectivity index (χ2n) is 9.26. The third-order valence-electron chi connectivity index (χ3n) is 7.62. The summed E-state index contributed by atoms with van der Waals surface area (Å²) >= 11 is 6.15. The molecule has 1 aromatic rings. The zero-order valence-corrected chi connectivity index (χ0v) is 17.5. The molecule has 1 N–H and O–H groups in total. The van der Waals surface area contributed by atoms with Crippen molar-refractivity contribution in [1.29, 1.82) is 0 Å². The Morgan fingerprint density at radius 3 is 2.64 bits per heavy atom. The number of amides is 1. The van der Waals surface area contributed by atoms with E-state index in [0.29, 0.717) is 36.6 Å². The third-order valence-corrected chi connectivity index (χ3v) is 10.0. The molecule has 3 atom stereocenters. The monoisotopic (exact) mass is 422 g/mol. The molecule has 5 aliphatic rings. The summed E-state index contributed by atoms with van der Waals surface area (Å²) in [4.78, 5) is 13.2. The number of hydrogen-bond acceptors (Lipinski definition) is 3. The summed E-state index contributed by atoms with van der Waals surface area (Å²) in [7, 11) is -3.79. The van der Waals surface area contributed by atoms with Gasteiger partial charge in [0.15, 0.2) is 0 Å². The fourth-order valence-corrected chi connectivity index (χ4v) is 8.59. The van der Waals surface area contributed by atoms with Crippen molar-refractivity contribution in [2.75, 3.05) is 6.54 Å². The van der Waals surface area contributed by atoms with Gasteiger partial charge in [0, 0.05) is 12.6 Å². The van der Waals surface area contributed by atoms with Crippen molar-refractivity contribution in [3.05, 3.63) is 29.3 Å². The lowest BCUT2D eigenvalue weighted by atomic mass is 9.45. The van der Waals surface area contributed by atoms with Crippen LogP contribution >= 0.6 is 11.6 Å². The Balaban J connectivity index is 1.34. The summed E-state index contributed by atoms with van der Waals surface area (Å²) in [6.45, 7) is 0.367. The van der Waals surface area contributed by atoms with Crippen LogP contribution in [0.15, 0.2) is 29.2 Å². The van der Waals surface area contributed by atoms with Gasteiger partial charge >= 0.3 is 0 Å². The van der Waals surface area contributed by atoms with Crippen LogP contribution in [0.25, 0.3) is 0 Å². The van der Waals surface area contributed by atoms with Crippen LogP contribution in [-0.2, 0) is 14.8 Å². The van der Waals surface area contributed by atoms with E-state index in [9.17, 15) is 13.2 Å². The molecular weight excluding hydrogens is 396 g/mol. The van der Waals surface area contributed by atoms with Crippen LogP contribution < -0.4 is 5.32 Å². The maximum absolute atomic E-state index is 13.2. The summed E-state index contributed by atoms with van der Waals surface area (Å²) in [6.07, 6.45) is 8.79. The number of carbonyl (C=O) groups is 1. The van der Waals surface area contributed by atoms with Crippen molar-refractivity contribution in [3.63, 3.8) is 0 Å². The average Bonchev–Trinajstić information content (AvgIpc) is 3.14. The van der Waals surface area contributed by atoms with Gasteiger partial charge in [-0.25, -0.2) is 8.42 Å². The molecular formula is C21H27ClN2O3S. The molecule has 4 saturated carbocycles. The van der Waals surface area contributed by atoms with Crippen LogP contribution in [0.5, 0.6) is 0 Å². The Morgan fingerprint density at radius 2 is 1.86 bits per heavy atom. The van der Waals surface area contributed by atoms with Gasteiger partial charge in [-0.05, 0) is 74.3 Å². The third kappa shape index (κ3) is 2.91. The number of sulfonamides is 1. The molecule has 152 valence electrons. The standard InChI is InChI=1S/C21H27ClN2O3S/c22-16-6-1-2-8-18(16)28(26,27)24-10-4-7-17(24)20(25)23-19-14-5-3-9-21(11-14)12-15(19)13-21/h1-2,6,8,14-15,17,19H,3-5,7,9-13H2,(H,23,25)/t14?,15?,17-,19?,21?/m1/s1. The van der Waals surface area contributed by atoms with Gasteiger partial charge in [-0.2, -0.15) is 4.31 Å². The van der Waals surface area contributed by atoms with Gasteiger partial charge in [-0.15, -0.1) is 0 Å². The van der Waals surface area contributed by atoms with Gasteiger partial charge in [-0.3, -0.25) is 4.79 Å². The molecule has 1 spiro atoms. The second kappa shape index (κ2) is 6.71. The highest BCUT2D eigenvalue weighted by Gasteiger charge is 2.57. The summed E-state index contributed by atoms with van der Waals surface area (Å²) in [5, 5.41) is 3.49. The highest BCUT2D eigenvalue weighted by Crippen LogP contribution is 2.63. The van der Waals surface area contributed by atoms with Crippen LogP contribution in [0.4, 0.5) is 0 Å². The van der Waals surface area contributed by atoms with Gasteiger partial charge in [0.25, 0.3) is 0 Å². The molecule has 1 amide bonds. The minimum absolute atomic E-state index is 0.0880. The minimum Gasteiger partial charge on any atom is -0.351 e. The van der Waals surface area contributed by atoms with Crippen molar-refractivity contribution in [2.45, 2.75) is 68.3 Å². The zero-order chi connectivity index (χ0) is 19.5. The number of halogens is 1. The van der Waals surface area contributed by atoms with Crippen molar-refractivity contribution in [3.8, 4) is 0 Å². The summed E-state index contributed by atoms with van der Waals surface area (Å²) in [5.74, 6) is 1.03. The van der Waals surface area contributed by atoms with Gasteiger partial charge in [0.1, 0.15) is 10.9 Å². The molecule has 1 heterocycles. The summed E-state index contributed by atoms with van der Waals surface area (Å²) in [5.41, 5.74) is 0.571. The van der Waals surface area contributed by atoms with Crippen LogP contribution in [0, 0.1) is 17.3 Å². The number of benzene rings is 1. The Bertz CT molecular complexity index is 897. The van der Waals surface area contributed by atoms with Gasteiger partial charge in [0.2, 0.25) is 15.9 Å². The maximum atomic E-state index is 13.2. The van der Waals surface area contributed by atoms with Crippen LogP contribution in [0.2, 0.25) is 5.02 Å². The minimum atomic E-state index is -3.79. The van der Waals surface area contributed by atoms with Crippen molar-refractivity contribution in [1.82, 2.24) is 9.62 Å². The zero-order valence-electron chi connectivity index (χ0n) is 15.9. The molecule has 0 aromatic heterocycles. The molecule has 1 saturated heterocycles. The molecule has 7 heteroatoms. The van der Waals surface area contributed by atoms with Crippen molar-refractivity contribution < 1.29 is 13.2 Å². The van der Waals surface area contributed by atoms with Gasteiger partial charge in [0.05, 0.1) is 5.02 Å². The van der Waals surface area contributed by atoms with Crippen LogP contribution in [-0.4, -0.2) is 37.3 Å². The van der Waals surface area contributed by atoms with E-state index in [2.05, 4.69) is 5.32 Å². The lowest BCUT2D eigenvalue weighted by molar-refractivity contribution is -0.134. The van der Waals surface area contributed by atoms with E-state index in [-0.39, 0.29) is 21.9 Å². The first-order valence-corrected chi connectivity index (χ1v) is 12.3. The Labute approximate surface area is 171 Å². The molecule has 1 aliphatic heterocycles. The first-order valence-electron chi connectivity index (χ1n) is 10.5. The smallest absolute Gasteiger partial charge is 0.245 e. The first kappa shape index (κ1) is 18.9. The molecule has 5 nitrogen and oxygen atoms in total. The number of carbonyl (C=O) groups excluding carboxylic acids is 1. The lowest BCUT2D eigenvalue weighted by Crippen LogP contribution is -2.62.